The maximum atomic E-state index is 12.2. The average molecular weight is 264 g/mol. The lowest BCUT2D eigenvalue weighted by Crippen LogP contribution is -2.43. The van der Waals surface area contributed by atoms with Crippen LogP contribution in [0.3, 0.4) is 0 Å². The molecule has 1 aromatic rings. The summed E-state index contributed by atoms with van der Waals surface area (Å²) < 4.78 is 2.13. The molecule has 19 heavy (non-hydrogen) atoms. The normalized spacial score (nSPS) is 24.6. The zero-order valence-electron chi connectivity index (χ0n) is 11.9. The van der Waals surface area contributed by atoms with Gasteiger partial charge in [0.25, 0.3) is 0 Å². The highest BCUT2D eigenvalue weighted by atomic mass is 16.2. The Labute approximate surface area is 114 Å². The lowest BCUT2D eigenvalue weighted by Gasteiger charge is -2.33. The van der Waals surface area contributed by atoms with Crippen molar-refractivity contribution in [3.8, 4) is 0 Å². The molecule has 1 aliphatic heterocycles. The summed E-state index contributed by atoms with van der Waals surface area (Å²) in [6.07, 6.45) is 7.14. The van der Waals surface area contributed by atoms with Crippen LogP contribution in [-0.2, 0) is 11.3 Å². The van der Waals surface area contributed by atoms with Crippen molar-refractivity contribution in [2.75, 3.05) is 6.54 Å². The number of aryl methyl sites for hydroxylation is 1. The van der Waals surface area contributed by atoms with Gasteiger partial charge in [-0.2, -0.15) is 0 Å². The molecule has 5 heteroatoms. The van der Waals surface area contributed by atoms with Crippen LogP contribution in [-0.4, -0.2) is 32.9 Å². The highest BCUT2D eigenvalue weighted by Gasteiger charge is 2.33. The third-order valence-corrected chi connectivity index (χ3v) is 3.84. The maximum absolute atomic E-state index is 12.2. The number of nitrogens with two attached hydrogens (primary N) is 1. The molecule has 5 nitrogen and oxygen atoms in total. The van der Waals surface area contributed by atoms with Crippen LogP contribution in [0.1, 0.15) is 51.3 Å². The Morgan fingerprint density at radius 3 is 2.95 bits per heavy atom. The summed E-state index contributed by atoms with van der Waals surface area (Å²) >= 11 is 0. The first-order chi connectivity index (χ1) is 9.19. The molecular formula is C14H24N4O. The molecule has 2 rings (SSSR count). The number of likely N-dealkylation sites (tertiary alicyclic amines) is 1. The molecule has 2 N–H and O–H groups in total. The van der Waals surface area contributed by atoms with Gasteiger partial charge in [-0.15, -0.1) is 0 Å². The van der Waals surface area contributed by atoms with Crippen molar-refractivity contribution in [2.24, 2.45) is 5.73 Å². The lowest BCUT2D eigenvalue weighted by molar-refractivity contribution is -0.133. The van der Waals surface area contributed by atoms with Crippen LogP contribution in [0.4, 0.5) is 0 Å². The molecule has 0 aromatic carbocycles. The second-order valence-electron chi connectivity index (χ2n) is 5.19. The largest absolute Gasteiger partial charge is 0.333 e. The van der Waals surface area contributed by atoms with E-state index in [9.17, 15) is 4.79 Å². The number of carbonyl (C=O) groups excluding carboxylic acids is 1. The zero-order chi connectivity index (χ0) is 13.8. The van der Waals surface area contributed by atoms with E-state index in [1.165, 1.54) is 0 Å². The van der Waals surface area contributed by atoms with E-state index in [2.05, 4.69) is 16.5 Å². The van der Waals surface area contributed by atoms with Crippen LogP contribution in [0.25, 0.3) is 0 Å². The first-order valence-corrected chi connectivity index (χ1v) is 7.24. The van der Waals surface area contributed by atoms with Crippen molar-refractivity contribution in [3.63, 3.8) is 0 Å². The van der Waals surface area contributed by atoms with Gasteiger partial charge in [0.2, 0.25) is 5.91 Å². The summed E-state index contributed by atoms with van der Waals surface area (Å²) in [6, 6.07) is -0.0345. The molecule has 1 fully saturated rings. The summed E-state index contributed by atoms with van der Waals surface area (Å²) in [5, 5.41) is 0. The Bertz CT molecular complexity index is 429. The molecule has 1 amide bonds. The number of hydrogen-bond acceptors (Lipinski definition) is 3. The maximum Gasteiger partial charge on any atom is 0.223 e. The summed E-state index contributed by atoms with van der Waals surface area (Å²) in [4.78, 5) is 18.4. The van der Waals surface area contributed by atoms with E-state index in [-0.39, 0.29) is 18.0 Å². The standard InChI is InChI=1S/C14H24N4O/c1-3-8-17-10-16-9-12(17)14-11(15)6-5-7-13(19)18(14)4-2/h9-11,14H,3-8,15H2,1-2H3. The first-order valence-electron chi connectivity index (χ1n) is 7.24. The Kier molecular flexibility index (Phi) is 4.58. The van der Waals surface area contributed by atoms with Gasteiger partial charge in [0.1, 0.15) is 0 Å². The molecule has 2 unspecified atom stereocenters. The highest BCUT2D eigenvalue weighted by Crippen LogP contribution is 2.29. The average Bonchev–Trinajstić information content (AvgIpc) is 2.78. The van der Waals surface area contributed by atoms with Gasteiger partial charge < -0.3 is 15.2 Å². The summed E-state index contributed by atoms with van der Waals surface area (Å²) in [5.41, 5.74) is 7.40. The predicted octanol–water partition coefficient (Wildman–Crippen LogP) is 1.69. The minimum Gasteiger partial charge on any atom is -0.333 e. The van der Waals surface area contributed by atoms with E-state index in [0.717, 1.165) is 31.5 Å². The Morgan fingerprint density at radius 2 is 2.26 bits per heavy atom. The van der Waals surface area contributed by atoms with Crippen LogP contribution >= 0.6 is 0 Å². The number of nitrogens with zero attached hydrogens (tertiary/aromatic N) is 3. The van der Waals surface area contributed by atoms with Gasteiger partial charge in [0.15, 0.2) is 0 Å². The van der Waals surface area contributed by atoms with E-state index in [0.29, 0.717) is 13.0 Å². The van der Waals surface area contributed by atoms with Crippen molar-refractivity contribution in [1.82, 2.24) is 14.5 Å². The summed E-state index contributed by atoms with van der Waals surface area (Å²) in [5.74, 6) is 0.213. The topological polar surface area (TPSA) is 64.2 Å². The fourth-order valence-electron chi connectivity index (χ4n) is 2.93. The number of carbonyl (C=O) groups is 1. The third kappa shape index (κ3) is 2.81. The molecule has 0 bridgehead atoms. The van der Waals surface area contributed by atoms with Crippen LogP contribution in [0.5, 0.6) is 0 Å². The quantitative estimate of drug-likeness (QED) is 0.900. The van der Waals surface area contributed by atoms with Gasteiger partial charge in [-0.25, -0.2) is 4.98 Å². The minimum atomic E-state index is -0.0333. The van der Waals surface area contributed by atoms with Gasteiger partial charge in [-0.1, -0.05) is 6.92 Å². The summed E-state index contributed by atoms with van der Waals surface area (Å²) in [6.45, 7) is 5.78. The number of likely N-dealkylation sites (N-methyl/N-ethyl adjacent to an activating group) is 1. The number of aromatic nitrogens is 2. The van der Waals surface area contributed by atoms with E-state index < -0.39 is 0 Å². The highest BCUT2D eigenvalue weighted by molar-refractivity contribution is 5.77. The molecular weight excluding hydrogens is 240 g/mol. The predicted molar refractivity (Wildman–Crippen MR) is 74.5 cm³/mol. The summed E-state index contributed by atoms with van der Waals surface area (Å²) in [7, 11) is 0. The molecule has 1 aliphatic rings. The number of rotatable bonds is 4. The van der Waals surface area contributed by atoms with Crippen molar-refractivity contribution >= 4 is 5.91 Å². The van der Waals surface area contributed by atoms with Gasteiger partial charge in [0, 0.05) is 25.6 Å². The zero-order valence-corrected chi connectivity index (χ0v) is 11.9. The van der Waals surface area contributed by atoms with E-state index in [1.54, 1.807) is 0 Å². The minimum absolute atomic E-state index is 0.00120. The molecule has 0 spiro atoms. The van der Waals surface area contributed by atoms with E-state index in [1.807, 2.05) is 24.3 Å². The number of hydrogen-bond donors (Lipinski definition) is 1. The van der Waals surface area contributed by atoms with Crippen LogP contribution < -0.4 is 5.73 Å². The fourth-order valence-corrected chi connectivity index (χ4v) is 2.93. The SMILES string of the molecule is CCCn1cncc1C1C(N)CCCC(=O)N1CC. The first kappa shape index (κ1) is 14.1. The molecule has 2 atom stereocenters. The smallest absolute Gasteiger partial charge is 0.223 e. The second kappa shape index (κ2) is 6.19. The van der Waals surface area contributed by atoms with Crippen LogP contribution in [0.2, 0.25) is 0 Å². The number of amides is 1. The van der Waals surface area contributed by atoms with Gasteiger partial charge in [-0.05, 0) is 26.2 Å². The molecule has 0 radical (unpaired) electrons. The van der Waals surface area contributed by atoms with Crippen molar-refractivity contribution in [3.05, 3.63) is 18.2 Å². The molecule has 1 aromatic heterocycles. The van der Waals surface area contributed by atoms with Gasteiger partial charge in [0.05, 0.1) is 24.3 Å². The molecule has 0 saturated carbocycles. The fraction of sp³-hybridized carbons (Fsp3) is 0.714. The third-order valence-electron chi connectivity index (χ3n) is 3.84. The monoisotopic (exact) mass is 264 g/mol. The Morgan fingerprint density at radius 1 is 1.47 bits per heavy atom. The van der Waals surface area contributed by atoms with Gasteiger partial charge in [-0.3, -0.25) is 4.79 Å². The molecule has 1 saturated heterocycles. The molecule has 2 heterocycles. The number of imidazole rings is 1. The molecule has 106 valence electrons. The molecule has 0 aliphatic carbocycles. The Hall–Kier alpha value is -1.36. The van der Waals surface area contributed by atoms with Crippen LogP contribution in [0, 0.1) is 0 Å². The van der Waals surface area contributed by atoms with E-state index >= 15 is 0 Å². The lowest BCUT2D eigenvalue weighted by atomic mass is 10.0. The van der Waals surface area contributed by atoms with Crippen molar-refractivity contribution < 1.29 is 4.79 Å². The van der Waals surface area contributed by atoms with Crippen LogP contribution in [0.15, 0.2) is 12.5 Å². The van der Waals surface area contributed by atoms with Crippen molar-refractivity contribution in [1.29, 1.82) is 0 Å². The van der Waals surface area contributed by atoms with E-state index in [4.69, 9.17) is 5.73 Å². The van der Waals surface area contributed by atoms with Gasteiger partial charge >= 0.3 is 0 Å². The Balaban J connectivity index is 2.35. The second-order valence-corrected chi connectivity index (χ2v) is 5.19. The van der Waals surface area contributed by atoms with Crippen molar-refractivity contribution in [2.45, 2.75) is 58.2 Å².